The Hall–Kier alpha value is -2.11. The molecule has 0 aliphatic rings. The summed E-state index contributed by atoms with van der Waals surface area (Å²) in [6.45, 7) is 2.06. The lowest BCUT2D eigenvalue weighted by atomic mass is 10.3. The molecule has 6 nitrogen and oxygen atoms in total. The molecule has 0 aromatic carbocycles. The summed E-state index contributed by atoms with van der Waals surface area (Å²) in [5, 5.41) is 7.50. The van der Waals surface area contributed by atoms with Crippen LogP contribution in [0, 0.1) is 0 Å². The van der Waals surface area contributed by atoms with Gasteiger partial charge in [0.05, 0.1) is 11.4 Å². The minimum Gasteiger partial charge on any atom is -0.384 e. The molecule has 3 N–H and O–H groups in total. The van der Waals surface area contributed by atoms with E-state index in [1.165, 1.54) is 6.33 Å². The van der Waals surface area contributed by atoms with Gasteiger partial charge in [-0.15, -0.1) is 0 Å². The van der Waals surface area contributed by atoms with Gasteiger partial charge in [0.2, 0.25) is 0 Å². The predicted octanol–water partition coefficient (Wildman–Crippen LogP) is 1.10. The Labute approximate surface area is 93.5 Å². The Kier molecular flexibility index (Phi) is 2.72. The van der Waals surface area contributed by atoms with E-state index < -0.39 is 0 Å². The van der Waals surface area contributed by atoms with Crippen molar-refractivity contribution in [2.24, 2.45) is 7.05 Å². The van der Waals surface area contributed by atoms with Gasteiger partial charge in [0.1, 0.15) is 18.0 Å². The molecule has 0 fully saturated rings. The molecule has 2 aromatic rings. The molecule has 2 aromatic heterocycles. The van der Waals surface area contributed by atoms with Gasteiger partial charge in [-0.3, -0.25) is 4.68 Å². The van der Waals surface area contributed by atoms with Crippen LogP contribution >= 0.6 is 0 Å². The fourth-order valence-corrected chi connectivity index (χ4v) is 1.48. The number of nitrogens with zero attached hydrogens (tertiary/aromatic N) is 4. The van der Waals surface area contributed by atoms with E-state index in [4.69, 9.17) is 5.73 Å². The van der Waals surface area contributed by atoms with Gasteiger partial charge < -0.3 is 11.1 Å². The summed E-state index contributed by atoms with van der Waals surface area (Å²) in [5.41, 5.74) is 7.52. The molecule has 0 radical (unpaired) electrons. The molecule has 6 heteroatoms. The van der Waals surface area contributed by atoms with Crippen LogP contribution in [0.1, 0.15) is 12.6 Å². The molecule has 0 saturated heterocycles. The van der Waals surface area contributed by atoms with Crippen molar-refractivity contribution >= 4 is 17.3 Å². The maximum Gasteiger partial charge on any atom is 0.135 e. The minimum absolute atomic E-state index is 0.444. The van der Waals surface area contributed by atoms with Crippen LogP contribution in [0.25, 0.3) is 0 Å². The average molecular weight is 218 g/mol. The Morgan fingerprint density at radius 1 is 1.44 bits per heavy atom. The van der Waals surface area contributed by atoms with E-state index >= 15 is 0 Å². The number of anilines is 3. The second-order valence-electron chi connectivity index (χ2n) is 3.47. The first-order chi connectivity index (χ1) is 7.69. The minimum atomic E-state index is 0.444. The number of nitrogens with one attached hydrogen (secondary N) is 1. The SMILES string of the molecule is CCc1nn(C)cc1Nc1cc(N)ncn1. The number of nitrogen functional groups attached to an aromatic ring is 1. The molecule has 0 unspecified atom stereocenters. The predicted molar refractivity (Wildman–Crippen MR) is 62.3 cm³/mol. The molecule has 0 bridgehead atoms. The molecular formula is C10H14N6. The molecule has 0 aliphatic carbocycles. The molecular weight excluding hydrogens is 204 g/mol. The number of rotatable bonds is 3. The van der Waals surface area contributed by atoms with Crippen molar-refractivity contribution in [2.45, 2.75) is 13.3 Å². The molecule has 0 atom stereocenters. The number of hydrogen-bond acceptors (Lipinski definition) is 5. The number of hydrogen-bond donors (Lipinski definition) is 2. The van der Waals surface area contributed by atoms with Crippen molar-refractivity contribution in [2.75, 3.05) is 11.1 Å². The largest absolute Gasteiger partial charge is 0.384 e. The second-order valence-corrected chi connectivity index (χ2v) is 3.47. The topological polar surface area (TPSA) is 81.7 Å². The van der Waals surface area contributed by atoms with Gasteiger partial charge in [0.25, 0.3) is 0 Å². The first-order valence-corrected chi connectivity index (χ1v) is 5.06. The molecule has 2 rings (SSSR count). The Morgan fingerprint density at radius 3 is 2.94 bits per heavy atom. The van der Waals surface area contributed by atoms with E-state index in [0.717, 1.165) is 17.8 Å². The third-order valence-electron chi connectivity index (χ3n) is 2.19. The summed E-state index contributed by atoms with van der Waals surface area (Å²) >= 11 is 0. The van der Waals surface area contributed by atoms with Gasteiger partial charge >= 0.3 is 0 Å². The fourth-order valence-electron chi connectivity index (χ4n) is 1.48. The van der Waals surface area contributed by atoms with E-state index in [1.807, 2.05) is 13.2 Å². The number of nitrogens with two attached hydrogens (primary N) is 1. The van der Waals surface area contributed by atoms with E-state index in [1.54, 1.807) is 10.7 Å². The molecule has 0 saturated carbocycles. The maximum absolute atomic E-state index is 5.58. The van der Waals surface area contributed by atoms with Crippen LogP contribution in [-0.2, 0) is 13.5 Å². The van der Waals surface area contributed by atoms with E-state index in [9.17, 15) is 0 Å². The van der Waals surface area contributed by atoms with E-state index in [-0.39, 0.29) is 0 Å². The van der Waals surface area contributed by atoms with Crippen LogP contribution in [-0.4, -0.2) is 19.7 Å². The lowest BCUT2D eigenvalue weighted by Crippen LogP contribution is -1.98. The van der Waals surface area contributed by atoms with Crippen molar-refractivity contribution in [3.63, 3.8) is 0 Å². The lowest BCUT2D eigenvalue weighted by Gasteiger charge is -2.04. The highest BCUT2D eigenvalue weighted by Crippen LogP contribution is 2.18. The van der Waals surface area contributed by atoms with Gasteiger partial charge in [-0.25, -0.2) is 9.97 Å². The molecule has 2 heterocycles. The number of aromatic nitrogens is 4. The average Bonchev–Trinajstić information content (AvgIpc) is 2.59. The van der Waals surface area contributed by atoms with Crippen LogP contribution in [0.5, 0.6) is 0 Å². The Balaban J connectivity index is 2.26. The Bertz CT molecular complexity index is 490. The van der Waals surface area contributed by atoms with Crippen molar-refractivity contribution in [3.8, 4) is 0 Å². The van der Waals surface area contributed by atoms with E-state index in [2.05, 4.69) is 27.3 Å². The van der Waals surface area contributed by atoms with Crippen LogP contribution in [0.2, 0.25) is 0 Å². The smallest absolute Gasteiger partial charge is 0.135 e. The summed E-state index contributed by atoms with van der Waals surface area (Å²) in [5.74, 6) is 1.12. The van der Waals surface area contributed by atoms with Gasteiger partial charge in [0.15, 0.2) is 0 Å². The fraction of sp³-hybridized carbons (Fsp3) is 0.300. The zero-order valence-corrected chi connectivity index (χ0v) is 9.31. The normalized spacial score (nSPS) is 10.4. The standard InChI is InChI=1S/C10H14N6/c1-3-7-8(5-16(2)15-7)14-10-4-9(11)12-6-13-10/h4-6H,3H2,1-2H3,(H3,11,12,13,14). The monoisotopic (exact) mass is 218 g/mol. The maximum atomic E-state index is 5.58. The van der Waals surface area contributed by atoms with Crippen molar-refractivity contribution in [1.29, 1.82) is 0 Å². The Morgan fingerprint density at radius 2 is 2.25 bits per heavy atom. The summed E-state index contributed by atoms with van der Waals surface area (Å²) in [4.78, 5) is 7.92. The van der Waals surface area contributed by atoms with Gasteiger partial charge in [-0.05, 0) is 6.42 Å². The van der Waals surface area contributed by atoms with Gasteiger partial charge in [-0.2, -0.15) is 5.10 Å². The lowest BCUT2D eigenvalue weighted by molar-refractivity contribution is 0.746. The van der Waals surface area contributed by atoms with Gasteiger partial charge in [0, 0.05) is 19.3 Å². The first-order valence-electron chi connectivity index (χ1n) is 5.06. The van der Waals surface area contributed by atoms with Gasteiger partial charge in [-0.1, -0.05) is 6.92 Å². The van der Waals surface area contributed by atoms with Crippen LogP contribution in [0.4, 0.5) is 17.3 Å². The third-order valence-corrected chi connectivity index (χ3v) is 2.19. The summed E-state index contributed by atoms with van der Waals surface area (Å²) in [6, 6.07) is 1.69. The van der Waals surface area contributed by atoms with E-state index in [0.29, 0.717) is 11.6 Å². The summed E-state index contributed by atoms with van der Waals surface area (Å²) in [7, 11) is 1.89. The summed E-state index contributed by atoms with van der Waals surface area (Å²) in [6.07, 6.45) is 4.21. The quantitative estimate of drug-likeness (QED) is 0.806. The highest BCUT2D eigenvalue weighted by Gasteiger charge is 2.06. The summed E-state index contributed by atoms with van der Waals surface area (Å²) < 4.78 is 1.77. The van der Waals surface area contributed by atoms with Crippen molar-refractivity contribution in [3.05, 3.63) is 24.3 Å². The highest BCUT2D eigenvalue weighted by molar-refractivity contribution is 5.59. The third kappa shape index (κ3) is 2.10. The second kappa shape index (κ2) is 4.18. The number of aryl methyl sites for hydroxylation is 2. The van der Waals surface area contributed by atoms with Crippen LogP contribution in [0.3, 0.4) is 0 Å². The first kappa shape index (κ1) is 10.4. The molecule has 0 amide bonds. The zero-order valence-electron chi connectivity index (χ0n) is 9.31. The molecule has 84 valence electrons. The molecule has 16 heavy (non-hydrogen) atoms. The molecule has 0 spiro atoms. The van der Waals surface area contributed by atoms with Crippen LogP contribution < -0.4 is 11.1 Å². The molecule has 0 aliphatic heterocycles. The van der Waals surface area contributed by atoms with Crippen molar-refractivity contribution < 1.29 is 0 Å². The zero-order chi connectivity index (χ0) is 11.5. The van der Waals surface area contributed by atoms with Crippen LogP contribution in [0.15, 0.2) is 18.6 Å². The van der Waals surface area contributed by atoms with Crippen molar-refractivity contribution in [1.82, 2.24) is 19.7 Å². The highest BCUT2D eigenvalue weighted by atomic mass is 15.3.